The number of carbonyl (C=O) groups is 2. The summed E-state index contributed by atoms with van der Waals surface area (Å²) in [6.45, 7) is 2.59. The summed E-state index contributed by atoms with van der Waals surface area (Å²) in [5.41, 5.74) is 2.29. The molecule has 1 fully saturated rings. The highest BCUT2D eigenvalue weighted by molar-refractivity contribution is 9.10. The lowest BCUT2D eigenvalue weighted by atomic mass is 10.1. The maximum Gasteiger partial charge on any atom is 0.293 e. The molecule has 40 heavy (non-hydrogen) atoms. The van der Waals surface area contributed by atoms with Crippen LogP contribution in [-0.2, 0) is 17.9 Å². The van der Waals surface area contributed by atoms with Crippen molar-refractivity contribution >= 4 is 61.4 Å². The van der Waals surface area contributed by atoms with Gasteiger partial charge < -0.3 is 9.47 Å². The molecule has 1 aliphatic heterocycles. The Balaban J connectivity index is 1.34. The van der Waals surface area contributed by atoms with E-state index in [0.717, 1.165) is 33.7 Å². The number of halogens is 1. The van der Waals surface area contributed by atoms with E-state index in [4.69, 9.17) is 9.47 Å². The van der Waals surface area contributed by atoms with Crippen molar-refractivity contribution in [2.45, 2.75) is 20.1 Å². The molecule has 1 aliphatic rings. The SMILES string of the molecule is CCOc1cc(/C=C2\SC(=O)N(Cc3ccc4ccccc4c3)C2=O)cc(Br)c1OCc1ccc([N+](=O)[O-])cc1. The Morgan fingerprint density at radius 1 is 0.950 bits per heavy atom. The number of benzene rings is 4. The van der Waals surface area contributed by atoms with Crippen molar-refractivity contribution in [2.24, 2.45) is 0 Å². The third-order valence-corrected chi connectivity index (χ3v) is 7.68. The summed E-state index contributed by atoms with van der Waals surface area (Å²) in [4.78, 5) is 38.0. The van der Waals surface area contributed by atoms with Crippen molar-refractivity contribution in [2.75, 3.05) is 6.61 Å². The molecule has 1 saturated heterocycles. The normalized spacial score (nSPS) is 14.2. The summed E-state index contributed by atoms with van der Waals surface area (Å²) < 4.78 is 12.4. The number of hydrogen-bond donors (Lipinski definition) is 0. The molecular weight excluding hydrogens is 596 g/mol. The first kappa shape index (κ1) is 27.4. The average molecular weight is 619 g/mol. The van der Waals surface area contributed by atoms with E-state index >= 15 is 0 Å². The molecule has 0 saturated carbocycles. The number of hydrogen-bond acceptors (Lipinski definition) is 7. The van der Waals surface area contributed by atoms with Gasteiger partial charge in [0.15, 0.2) is 11.5 Å². The maximum absolute atomic E-state index is 13.2. The first-order valence-electron chi connectivity index (χ1n) is 12.4. The highest BCUT2D eigenvalue weighted by atomic mass is 79.9. The number of imide groups is 1. The van der Waals surface area contributed by atoms with Gasteiger partial charge >= 0.3 is 0 Å². The van der Waals surface area contributed by atoms with Crippen LogP contribution in [0.15, 0.2) is 88.2 Å². The molecule has 4 aromatic rings. The van der Waals surface area contributed by atoms with E-state index in [1.165, 1.54) is 17.0 Å². The van der Waals surface area contributed by atoms with Gasteiger partial charge in [-0.05, 0) is 98.5 Å². The number of nitro groups is 1. The van der Waals surface area contributed by atoms with Crippen molar-refractivity contribution < 1.29 is 24.0 Å². The molecular formula is C30H23BrN2O6S. The standard InChI is InChI=1S/C30H23BrN2O6S/c1-2-38-26-15-21(14-25(31)28(26)39-18-19-8-11-24(12-9-19)33(36)37)16-27-29(34)32(30(35)40-27)17-20-7-10-22-5-3-4-6-23(22)13-20/h3-16H,2,17-18H2,1H3/b27-16-. The zero-order valence-corrected chi connectivity index (χ0v) is 23.7. The van der Waals surface area contributed by atoms with Gasteiger partial charge in [0, 0.05) is 12.1 Å². The van der Waals surface area contributed by atoms with Crippen molar-refractivity contribution in [1.82, 2.24) is 4.90 Å². The lowest BCUT2D eigenvalue weighted by Crippen LogP contribution is -2.27. The lowest BCUT2D eigenvalue weighted by Gasteiger charge is -2.15. The van der Waals surface area contributed by atoms with Gasteiger partial charge in [-0.1, -0.05) is 36.4 Å². The fraction of sp³-hybridized carbons (Fsp3) is 0.133. The second-order valence-electron chi connectivity index (χ2n) is 8.92. The van der Waals surface area contributed by atoms with E-state index in [1.54, 1.807) is 30.3 Å². The van der Waals surface area contributed by atoms with Gasteiger partial charge in [0.05, 0.1) is 27.5 Å². The van der Waals surface area contributed by atoms with Crippen molar-refractivity contribution in [1.29, 1.82) is 0 Å². The number of non-ortho nitro benzene ring substituents is 1. The molecule has 10 heteroatoms. The zero-order valence-electron chi connectivity index (χ0n) is 21.3. The average Bonchev–Trinajstić information content (AvgIpc) is 3.20. The van der Waals surface area contributed by atoms with Crippen molar-refractivity contribution in [3.8, 4) is 11.5 Å². The van der Waals surface area contributed by atoms with E-state index in [9.17, 15) is 19.7 Å². The van der Waals surface area contributed by atoms with Gasteiger partial charge in [0.25, 0.3) is 16.8 Å². The van der Waals surface area contributed by atoms with Gasteiger partial charge in [-0.3, -0.25) is 24.6 Å². The molecule has 0 aliphatic carbocycles. The first-order chi connectivity index (χ1) is 19.3. The molecule has 8 nitrogen and oxygen atoms in total. The molecule has 0 radical (unpaired) electrons. The molecule has 0 spiro atoms. The van der Waals surface area contributed by atoms with Gasteiger partial charge in [0.1, 0.15) is 6.61 Å². The van der Waals surface area contributed by atoms with E-state index < -0.39 is 4.92 Å². The molecule has 0 atom stereocenters. The van der Waals surface area contributed by atoms with Gasteiger partial charge in [-0.15, -0.1) is 0 Å². The van der Waals surface area contributed by atoms with Gasteiger partial charge in [-0.2, -0.15) is 0 Å². The fourth-order valence-corrected chi connectivity index (χ4v) is 5.66. The molecule has 1 heterocycles. The van der Waals surface area contributed by atoms with Gasteiger partial charge in [0.2, 0.25) is 0 Å². The van der Waals surface area contributed by atoms with Crippen LogP contribution in [0.5, 0.6) is 11.5 Å². The lowest BCUT2D eigenvalue weighted by molar-refractivity contribution is -0.384. The number of carbonyl (C=O) groups excluding carboxylic acids is 2. The number of fused-ring (bicyclic) bond motifs is 1. The molecule has 4 aromatic carbocycles. The van der Waals surface area contributed by atoms with Crippen LogP contribution < -0.4 is 9.47 Å². The summed E-state index contributed by atoms with van der Waals surface area (Å²) in [7, 11) is 0. The van der Waals surface area contributed by atoms with Crippen LogP contribution in [0.3, 0.4) is 0 Å². The third-order valence-electron chi connectivity index (χ3n) is 6.19. The van der Waals surface area contributed by atoms with Crippen LogP contribution in [0, 0.1) is 10.1 Å². The molecule has 202 valence electrons. The Bertz CT molecular complexity index is 1650. The molecule has 5 rings (SSSR count). The Morgan fingerprint density at radius 2 is 1.68 bits per heavy atom. The second-order valence-corrected chi connectivity index (χ2v) is 10.8. The largest absolute Gasteiger partial charge is 0.490 e. The summed E-state index contributed by atoms with van der Waals surface area (Å²) in [5, 5.41) is 12.7. The summed E-state index contributed by atoms with van der Waals surface area (Å²) in [6.07, 6.45) is 1.67. The Morgan fingerprint density at radius 3 is 2.40 bits per heavy atom. The number of thioether (sulfide) groups is 1. The smallest absolute Gasteiger partial charge is 0.293 e. The quantitative estimate of drug-likeness (QED) is 0.107. The monoisotopic (exact) mass is 618 g/mol. The van der Waals surface area contributed by atoms with E-state index in [0.29, 0.717) is 33.0 Å². The summed E-state index contributed by atoms with van der Waals surface area (Å²) >= 11 is 4.43. The molecule has 0 N–H and O–H groups in total. The number of amides is 2. The van der Waals surface area contributed by atoms with Crippen molar-refractivity contribution in [3.63, 3.8) is 0 Å². The minimum atomic E-state index is -0.453. The molecule has 0 aromatic heterocycles. The number of ether oxygens (including phenoxy) is 2. The van der Waals surface area contributed by atoms with Crippen LogP contribution in [0.25, 0.3) is 16.8 Å². The summed E-state index contributed by atoms with van der Waals surface area (Å²) in [6, 6.07) is 23.5. The van der Waals surface area contributed by atoms with Gasteiger partial charge in [-0.25, -0.2) is 0 Å². The summed E-state index contributed by atoms with van der Waals surface area (Å²) in [5.74, 6) is 0.568. The molecule has 0 unspecified atom stereocenters. The topological polar surface area (TPSA) is 99.0 Å². The van der Waals surface area contributed by atoms with E-state index in [2.05, 4.69) is 15.9 Å². The number of nitro benzene ring substituents is 1. The molecule has 2 amide bonds. The zero-order chi connectivity index (χ0) is 28.2. The van der Waals surface area contributed by atoms with E-state index in [1.807, 2.05) is 49.4 Å². The number of nitrogens with zero attached hydrogens (tertiary/aromatic N) is 2. The minimum absolute atomic E-state index is 0.00552. The number of rotatable bonds is 9. The maximum atomic E-state index is 13.2. The minimum Gasteiger partial charge on any atom is -0.490 e. The van der Waals surface area contributed by atoms with Crippen molar-refractivity contribution in [3.05, 3.63) is 115 Å². The first-order valence-corrected chi connectivity index (χ1v) is 14.0. The fourth-order valence-electron chi connectivity index (χ4n) is 4.25. The predicted molar refractivity (Wildman–Crippen MR) is 158 cm³/mol. The van der Waals surface area contributed by atoms with Crippen LogP contribution >= 0.6 is 27.7 Å². The second kappa shape index (κ2) is 11.9. The van der Waals surface area contributed by atoms with Crippen LogP contribution in [0.4, 0.5) is 10.5 Å². The highest BCUT2D eigenvalue weighted by Gasteiger charge is 2.35. The van der Waals surface area contributed by atoms with Crippen LogP contribution in [0.2, 0.25) is 0 Å². The molecule has 0 bridgehead atoms. The predicted octanol–water partition coefficient (Wildman–Crippen LogP) is 7.72. The Labute approximate surface area is 242 Å². The van der Waals surface area contributed by atoms with Crippen LogP contribution in [0.1, 0.15) is 23.6 Å². The highest BCUT2D eigenvalue weighted by Crippen LogP contribution is 2.40. The Hall–Kier alpha value is -4.15. The third kappa shape index (κ3) is 6.03. The van der Waals surface area contributed by atoms with Crippen LogP contribution in [-0.4, -0.2) is 27.6 Å². The Kier molecular flexibility index (Phi) is 8.18. The van der Waals surface area contributed by atoms with E-state index in [-0.39, 0.29) is 30.0 Å².